The number of carboxylic acid groups (broad SMARTS) is 1. The standard InChI is InChI=1S/C18H14N2O2/c21-18(22)15-6-8-16(9-7-15)19-12-14-10-11-20(13-14)17-4-2-1-3-5-17/h1-13H,(H,21,22). The van der Waals surface area contributed by atoms with Gasteiger partial charge < -0.3 is 9.67 Å². The van der Waals surface area contributed by atoms with E-state index in [0.29, 0.717) is 0 Å². The highest BCUT2D eigenvalue weighted by Crippen LogP contribution is 2.14. The van der Waals surface area contributed by atoms with Gasteiger partial charge in [-0.05, 0) is 42.5 Å². The van der Waals surface area contributed by atoms with E-state index in [1.165, 1.54) is 0 Å². The van der Waals surface area contributed by atoms with Crippen molar-refractivity contribution in [2.24, 2.45) is 4.99 Å². The average Bonchev–Trinajstić information content (AvgIpc) is 3.03. The minimum atomic E-state index is -0.935. The second kappa shape index (κ2) is 6.10. The molecule has 0 aliphatic rings. The lowest BCUT2D eigenvalue weighted by atomic mass is 10.2. The first-order valence-electron chi connectivity index (χ1n) is 6.83. The molecule has 3 rings (SSSR count). The van der Waals surface area contributed by atoms with Crippen LogP contribution in [0.5, 0.6) is 0 Å². The van der Waals surface area contributed by atoms with Gasteiger partial charge in [0.15, 0.2) is 0 Å². The molecule has 0 bridgehead atoms. The van der Waals surface area contributed by atoms with Gasteiger partial charge >= 0.3 is 5.97 Å². The molecule has 1 aromatic heterocycles. The molecular formula is C18H14N2O2. The molecule has 0 saturated heterocycles. The number of aliphatic imine (C=N–C) groups is 1. The van der Waals surface area contributed by atoms with E-state index in [-0.39, 0.29) is 5.56 Å². The van der Waals surface area contributed by atoms with Crippen molar-refractivity contribution in [1.29, 1.82) is 0 Å². The van der Waals surface area contributed by atoms with Crippen LogP contribution >= 0.6 is 0 Å². The van der Waals surface area contributed by atoms with Crippen LogP contribution in [0.1, 0.15) is 15.9 Å². The lowest BCUT2D eigenvalue weighted by Crippen LogP contribution is -1.94. The van der Waals surface area contributed by atoms with Crippen LogP contribution in [0.3, 0.4) is 0 Å². The van der Waals surface area contributed by atoms with E-state index in [1.807, 2.05) is 53.4 Å². The number of carbonyl (C=O) groups is 1. The fourth-order valence-electron chi connectivity index (χ4n) is 2.09. The molecule has 0 radical (unpaired) electrons. The van der Waals surface area contributed by atoms with E-state index in [2.05, 4.69) is 4.99 Å². The summed E-state index contributed by atoms with van der Waals surface area (Å²) in [6.07, 6.45) is 5.73. The Hall–Kier alpha value is -3.14. The van der Waals surface area contributed by atoms with E-state index in [0.717, 1.165) is 16.9 Å². The quantitative estimate of drug-likeness (QED) is 0.740. The van der Waals surface area contributed by atoms with Crippen molar-refractivity contribution in [1.82, 2.24) is 4.57 Å². The Kier molecular flexibility index (Phi) is 3.83. The SMILES string of the molecule is O=C(O)c1ccc(N=Cc2ccn(-c3ccccc3)c2)cc1. The zero-order valence-corrected chi connectivity index (χ0v) is 11.8. The maximum absolute atomic E-state index is 10.8. The zero-order chi connectivity index (χ0) is 15.4. The summed E-state index contributed by atoms with van der Waals surface area (Å²) in [5.74, 6) is -0.935. The van der Waals surface area contributed by atoms with Crippen LogP contribution < -0.4 is 0 Å². The minimum absolute atomic E-state index is 0.259. The Morgan fingerprint density at radius 3 is 2.41 bits per heavy atom. The van der Waals surface area contributed by atoms with Crippen molar-refractivity contribution in [2.45, 2.75) is 0 Å². The third-order valence-corrected chi connectivity index (χ3v) is 3.25. The monoisotopic (exact) mass is 290 g/mol. The molecular weight excluding hydrogens is 276 g/mol. The summed E-state index contributed by atoms with van der Waals surface area (Å²) in [5, 5.41) is 8.85. The van der Waals surface area contributed by atoms with Crippen LogP contribution in [0.2, 0.25) is 0 Å². The minimum Gasteiger partial charge on any atom is -0.478 e. The molecule has 2 aromatic carbocycles. The number of nitrogens with zero attached hydrogens (tertiary/aromatic N) is 2. The number of para-hydroxylation sites is 1. The summed E-state index contributed by atoms with van der Waals surface area (Å²) < 4.78 is 2.02. The van der Waals surface area contributed by atoms with Crippen molar-refractivity contribution < 1.29 is 9.90 Å². The second-order valence-corrected chi connectivity index (χ2v) is 4.80. The molecule has 108 valence electrons. The molecule has 4 nitrogen and oxygen atoms in total. The maximum Gasteiger partial charge on any atom is 0.335 e. The highest BCUT2D eigenvalue weighted by molar-refractivity contribution is 5.88. The summed E-state index contributed by atoms with van der Waals surface area (Å²) in [4.78, 5) is 15.1. The number of hydrogen-bond acceptors (Lipinski definition) is 2. The summed E-state index contributed by atoms with van der Waals surface area (Å²) >= 11 is 0. The van der Waals surface area contributed by atoms with E-state index >= 15 is 0 Å². The molecule has 3 aromatic rings. The topological polar surface area (TPSA) is 54.6 Å². The normalized spacial score (nSPS) is 10.9. The predicted molar refractivity (Wildman–Crippen MR) is 86.4 cm³/mol. The smallest absolute Gasteiger partial charge is 0.335 e. The average molecular weight is 290 g/mol. The summed E-state index contributed by atoms with van der Waals surface area (Å²) in [5.41, 5.74) is 3.05. The molecule has 1 N–H and O–H groups in total. The highest BCUT2D eigenvalue weighted by Gasteiger charge is 2.01. The Balaban J connectivity index is 1.76. The Morgan fingerprint density at radius 1 is 1.00 bits per heavy atom. The largest absolute Gasteiger partial charge is 0.478 e. The summed E-state index contributed by atoms with van der Waals surface area (Å²) in [6, 6.07) is 18.5. The van der Waals surface area contributed by atoms with Gasteiger partial charge in [-0.25, -0.2) is 4.79 Å². The molecule has 0 unspecified atom stereocenters. The first-order valence-corrected chi connectivity index (χ1v) is 6.83. The van der Waals surface area contributed by atoms with E-state index in [4.69, 9.17) is 5.11 Å². The predicted octanol–water partition coefficient (Wildman–Crippen LogP) is 3.93. The lowest BCUT2D eigenvalue weighted by molar-refractivity contribution is 0.0697. The van der Waals surface area contributed by atoms with Crippen LogP contribution in [-0.4, -0.2) is 21.9 Å². The van der Waals surface area contributed by atoms with E-state index < -0.39 is 5.97 Å². The van der Waals surface area contributed by atoms with E-state index in [1.54, 1.807) is 30.5 Å². The third kappa shape index (κ3) is 3.12. The zero-order valence-electron chi connectivity index (χ0n) is 11.8. The molecule has 0 atom stereocenters. The van der Waals surface area contributed by atoms with Gasteiger partial charge in [-0.15, -0.1) is 0 Å². The number of carboxylic acids is 1. The van der Waals surface area contributed by atoms with Gasteiger partial charge in [-0.3, -0.25) is 4.99 Å². The first kappa shape index (κ1) is 13.8. The van der Waals surface area contributed by atoms with Crippen LogP contribution in [0.4, 0.5) is 5.69 Å². The number of aromatic carboxylic acids is 1. The van der Waals surface area contributed by atoms with Gasteiger partial charge in [0.2, 0.25) is 0 Å². The lowest BCUT2D eigenvalue weighted by Gasteiger charge is -2.00. The van der Waals surface area contributed by atoms with Gasteiger partial charge in [0.25, 0.3) is 0 Å². The summed E-state index contributed by atoms with van der Waals surface area (Å²) in [7, 11) is 0. The molecule has 1 heterocycles. The number of benzene rings is 2. The van der Waals surface area contributed by atoms with Crippen molar-refractivity contribution >= 4 is 17.9 Å². The van der Waals surface area contributed by atoms with Gasteiger partial charge in [0, 0.05) is 29.9 Å². The van der Waals surface area contributed by atoms with Crippen LogP contribution in [0.25, 0.3) is 5.69 Å². The molecule has 0 fully saturated rings. The molecule has 22 heavy (non-hydrogen) atoms. The fraction of sp³-hybridized carbons (Fsp3) is 0. The van der Waals surface area contributed by atoms with Crippen LogP contribution in [0.15, 0.2) is 78.0 Å². The fourth-order valence-corrected chi connectivity index (χ4v) is 2.09. The van der Waals surface area contributed by atoms with Gasteiger partial charge in [0.05, 0.1) is 11.3 Å². The van der Waals surface area contributed by atoms with Crippen LogP contribution in [-0.2, 0) is 0 Å². The molecule has 0 spiro atoms. The number of rotatable bonds is 4. The Bertz CT molecular complexity index is 803. The number of aromatic nitrogens is 1. The first-order chi connectivity index (χ1) is 10.7. The third-order valence-electron chi connectivity index (χ3n) is 3.25. The van der Waals surface area contributed by atoms with Crippen molar-refractivity contribution in [2.75, 3.05) is 0 Å². The van der Waals surface area contributed by atoms with Gasteiger partial charge in [0.1, 0.15) is 0 Å². The molecule has 0 saturated carbocycles. The molecule has 4 heteroatoms. The van der Waals surface area contributed by atoms with Crippen molar-refractivity contribution in [3.63, 3.8) is 0 Å². The Morgan fingerprint density at radius 2 is 1.73 bits per heavy atom. The van der Waals surface area contributed by atoms with Crippen molar-refractivity contribution in [3.8, 4) is 5.69 Å². The highest BCUT2D eigenvalue weighted by atomic mass is 16.4. The molecule has 0 amide bonds. The van der Waals surface area contributed by atoms with Gasteiger partial charge in [-0.2, -0.15) is 0 Å². The van der Waals surface area contributed by atoms with Crippen molar-refractivity contribution in [3.05, 3.63) is 84.2 Å². The van der Waals surface area contributed by atoms with Gasteiger partial charge in [-0.1, -0.05) is 18.2 Å². The molecule has 0 aliphatic carbocycles. The van der Waals surface area contributed by atoms with Crippen LogP contribution in [0, 0.1) is 0 Å². The second-order valence-electron chi connectivity index (χ2n) is 4.80. The maximum atomic E-state index is 10.8. The molecule has 0 aliphatic heterocycles. The van der Waals surface area contributed by atoms with E-state index in [9.17, 15) is 4.79 Å². The number of hydrogen-bond donors (Lipinski definition) is 1. The Labute approximate surface area is 128 Å². The summed E-state index contributed by atoms with van der Waals surface area (Å²) in [6.45, 7) is 0.